The zero-order chi connectivity index (χ0) is 23.5. The highest BCUT2D eigenvalue weighted by Crippen LogP contribution is 2.41. The molecule has 1 aliphatic carbocycles. The Morgan fingerprint density at radius 1 is 1.39 bits per heavy atom. The molecule has 9 nitrogen and oxygen atoms in total. The number of fused-ring (bicyclic) bond motifs is 1. The van der Waals surface area contributed by atoms with Gasteiger partial charge in [0.05, 0.1) is 12.2 Å². The number of hydrogen-bond acceptors (Lipinski definition) is 8. The SMILES string of the molecule is Cc1nc(NC/C(C=NCc2ccc(C(F)F)nc2)=C/N)nc2c1NC(=O)C(C1CC1)N2C. The Kier molecular flexibility index (Phi) is 6.47. The van der Waals surface area contributed by atoms with Gasteiger partial charge in [-0.2, -0.15) is 4.98 Å². The molecule has 3 heterocycles. The maximum atomic E-state index is 12.6. The quantitative estimate of drug-likeness (QED) is 0.522. The lowest BCUT2D eigenvalue weighted by atomic mass is 10.1. The number of aliphatic imine (C=N–C) groups is 1. The number of aromatic nitrogens is 3. The number of hydrogen-bond donors (Lipinski definition) is 3. The molecule has 1 saturated carbocycles. The molecule has 4 N–H and O–H groups in total. The summed E-state index contributed by atoms with van der Waals surface area (Å²) in [6.07, 6.45) is 3.92. The minimum atomic E-state index is -2.59. The van der Waals surface area contributed by atoms with Gasteiger partial charge >= 0.3 is 0 Å². The van der Waals surface area contributed by atoms with Crippen LogP contribution in [0.3, 0.4) is 0 Å². The van der Waals surface area contributed by atoms with Crippen LogP contribution in [0.2, 0.25) is 0 Å². The molecule has 174 valence electrons. The fraction of sp³-hybridized carbons (Fsp3) is 0.409. The second-order valence-corrected chi connectivity index (χ2v) is 8.17. The largest absolute Gasteiger partial charge is 0.404 e. The molecule has 2 aromatic rings. The lowest BCUT2D eigenvalue weighted by Gasteiger charge is -2.35. The van der Waals surface area contributed by atoms with E-state index in [0.29, 0.717) is 46.7 Å². The van der Waals surface area contributed by atoms with E-state index in [1.165, 1.54) is 18.5 Å². The van der Waals surface area contributed by atoms with Crippen molar-refractivity contribution in [3.05, 3.63) is 47.1 Å². The number of alkyl halides is 2. The van der Waals surface area contributed by atoms with E-state index < -0.39 is 6.43 Å². The van der Waals surface area contributed by atoms with Crippen LogP contribution in [0, 0.1) is 12.8 Å². The molecule has 4 rings (SSSR count). The third-order valence-electron chi connectivity index (χ3n) is 5.67. The lowest BCUT2D eigenvalue weighted by Crippen LogP contribution is -2.48. The number of pyridine rings is 1. The molecular weight excluding hydrogens is 430 g/mol. The maximum Gasteiger partial charge on any atom is 0.280 e. The first-order chi connectivity index (χ1) is 15.9. The Labute approximate surface area is 190 Å². The van der Waals surface area contributed by atoms with E-state index in [-0.39, 0.29) is 24.2 Å². The van der Waals surface area contributed by atoms with Crippen molar-refractivity contribution in [1.82, 2.24) is 15.0 Å². The molecule has 0 bridgehead atoms. The number of halogens is 2. The summed E-state index contributed by atoms with van der Waals surface area (Å²) in [5.74, 6) is 1.46. The molecule has 1 unspecified atom stereocenters. The summed E-state index contributed by atoms with van der Waals surface area (Å²) < 4.78 is 25.2. The van der Waals surface area contributed by atoms with Crippen LogP contribution in [0.15, 0.2) is 35.1 Å². The second kappa shape index (κ2) is 9.47. The van der Waals surface area contributed by atoms with Crippen molar-refractivity contribution in [2.45, 2.75) is 38.8 Å². The van der Waals surface area contributed by atoms with E-state index in [2.05, 4.69) is 30.6 Å². The van der Waals surface area contributed by atoms with Gasteiger partial charge < -0.3 is 21.3 Å². The van der Waals surface area contributed by atoms with Crippen molar-refractivity contribution >= 4 is 29.6 Å². The number of rotatable bonds is 8. The Balaban J connectivity index is 1.39. The van der Waals surface area contributed by atoms with Crippen LogP contribution in [-0.2, 0) is 11.3 Å². The van der Waals surface area contributed by atoms with E-state index in [1.54, 1.807) is 12.3 Å². The van der Waals surface area contributed by atoms with E-state index in [9.17, 15) is 13.6 Å². The highest BCUT2D eigenvalue weighted by molar-refractivity contribution is 6.03. The van der Waals surface area contributed by atoms with Crippen LogP contribution < -0.4 is 21.3 Å². The first-order valence-corrected chi connectivity index (χ1v) is 10.7. The van der Waals surface area contributed by atoms with E-state index in [0.717, 1.165) is 12.8 Å². The monoisotopic (exact) mass is 456 g/mol. The molecule has 0 spiro atoms. The zero-order valence-corrected chi connectivity index (χ0v) is 18.4. The molecule has 33 heavy (non-hydrogen) atoms. The predicted octanol–water partition coefficient (Wildman–Crippen LogP) is 2.81. The molecule has 0 saturated heterocycles. The zero-order valence-electron chi connectivity index (χ0n) is 18.4. The van der Waals surface area contributed by atoms with Gasteiger partial charge in [0.15, 0.2) is 5.82 Å². The summed E-state index contributed by atoms with van der Waals surface area (Å²) in [7, 11) is 1.89. The first-order valence-electron chi connectivity index (χ1n) is 10.7. The minimum Gasteiger partial charge on any atom is -0.404 e. The molecule has 1 amide bonds. The highest BCUT2D eigenvalue weighted by Gasteiger charge is 2.43. The van der Waals surface area contributed by atoms with E-state index in [4.69, 9.17) is 5.73 Å². The average Bonchev–Trinajstić information content (AvgIpc) is 3.62. The summed E-state index contributed by atoms with van der Waals surface area (Å²) >= 11 is 0. The van der Waals surface area contributed by atoms with Crippen molar-refractivity contribution in [3.8, 4) is 0 Å². The van der Waals surface area contributed by atoms with Gasteiger partial charge in [-0.25, -0.2) is 13.8 Å². The van der Waals surface area contributed by atoms with Crippen LogP contribution in [-0.4, -0.2) is 46.7 Å². The summed E-state index contributed by atoms with van der Waals surface area (Å²) in [6, 6.07) is 2.65. The molecule has 0 radical (unpaired) electrons. The Morgan fingerprint density at radius 3 is 2.82 bits per heavy atom. The molecule has 2 aliphatic rings. The number of carbonyl (C=O) groups is 1. The van der Waals surface area contributed by atoms with Crippen molar-refractivity contribution in [1.29, 1.82) is 0 Å². The van der Waals surface area contributed by atoms with Crippen LogP contribution in [0.5, 0.6) is 0 Å². The van der Waals surface area contributed by atoms with Crippen LogP contribution in [0.1, 0.15) is 36.2 Å². The van der Waals surface area contributed by atoms with Crippen LogP contribution in [0.4, 0.5) is 26.2 Å². The fourth-order valence-corrected chi connectivity index (χ4v) is 3.74. The molecule has 2 aromatic heterocycles. The summed E-state index contributed by atoms with van der Waals surface area (Å²) in [6.45, 7) is 2.45. The normalized spacial score (nSPS) is 18.6. The van der Waals surface area contributed by atoms with Crippen LogP contribution in [0.25, 0.3) is 0 Å². The van der Waals surface area contributed by atoms with Gasteiger partial charge in [-0.1, -0.05) is 6.07 Å². The van der Waals surface area contributed by atoms with E-state index >= 15 is 0 Å². The third-order valence-corrected chi connectivity index (χ3v) is 5.67. The predicted molar refractivity (Wildman–Crippen MR) is 122 cm³/mol. The molecule has 1 atom stereocenters. The van der Waals surface area contributed by atoms with Gasteiger partial charge in [-0.15, -0.1) is 0 Å². The van der Waals surface area contributed by atoms with Crippen molar-refractivity contribution < 1.29 is 13.6 Å². The number of nitrogens with one attached hydrogen (secondary N) is 2. The Morgan fingerprint density at radius 2 is 2.18 bits per heavy atom. The lowest BCUT2D eigenvalue weighted by molar-refractivity contribution is -0.118. The van der Waals surface area contributed by atoms with Gasteiger partial charge in [0, 0.05) is 37.8 Å². The van der Waals surface area contributed by atoms with Crippen molar-refractivity contribution in [2.24, 2.45) is 16.6 Å². The van der Waals surface area contributed by atoms with Gasteiger partial charge in [-0.3, -0.25) is 14.8 Å². The van der Waals surface area contributed by atoms with Crippen LogP contribution >= 0.6 is 0 Å². The molecule has 1 aliphatic heterocycles. The number of anilines is 3. The molecular formula is C22H26F2N8O. The molecule has 0 aromatic carbocycles. The topological polar surface area (TPSA) is 121 Å². The number of nitrogens with zero attached hydrogens (tertiary/aromatic N) is 5. The highest BCUT2D eigenvalue weighted by atomic mass is 19.3. The standard InChI is InChI=1S/C22H26F2N8O/c1-12-17-20(32(2)18(15-4-5-15)21(33)30-17)31-22(29-12)28-11-14(7-25)9-26-8-13-3-6-16(19(23)24)27-10-13/h3,6-7,9-10,15,18-19H,4-5,8,11,25H2,1-2H3,(H,30,33)(H,28,29,31)/b14-7+,26-9?. The third kappa shape index (κ3) is 5.07. The molecule has 1 fully saturated rings. The Hall–Kier alpha value is -3.63. The van der Waals surface area contributed by atoms with Crippen molar-refractivity contribution in [3.63, 3.8) is 0 Å². The number of amides is 1. The fourth-order valence-electron chi connectivity index (χ4n) is 3.74. The number of aryl methyl sites for hydroxylation is 1. The maximum absolute atomic E-state index is 12.6. The smallest absolute Gasteiger partial charge is 0.280 e. The first kappa shape index (κ1) is 22.6. The van der Waals surface area contributed by atoms with E-state index in [1.807, 2.05) is 18.9 Å². The Bertz CT molecular complexity index is 1080. The average molecular weight is 457 g/mol. The summed E-state index contributed by atoms with van der Waals surface area (Å²) in [4.78, 5) is 31.5. The summed E-state index contributed by atoms with van der Waals surface area (Å²) in [5, 5.41) is 6.10. The minimum absolute atomic E-state index is 0.0106. The second-order valence-electron chi connectivity index (χ2n) is 8.17. The van der Waals surface area contributed by atoms with Gasteiger partial charge in [-0.05, 0) is 37.3 Å². The number of carbonyl (C=O) groups excluding carboxylic acids is 1. The van der Waals surface area contributed by atoms with Gasteiger partial charge in [0.25, 0.3) is 6.43 Å². The van der Waals surface area contributed by atoms with Gasteiger partial charge in [0.2, 0.25) is 11.9 Å². The number of likely N-dealkylation sites (N-methyl/N-ethyl adjacent to an activating group) is 1. The summed E-state index contributed by atoms with van der Waals surface area (Å²) in [5.41, 5.74) is 8.17. The van der Waals surface area contributed by atoms with Gasteiger partial charge in [0.1, 0.15) is 17.4 Å². The molecule has 11 heteroatoms. The number of nitrogens with two attached hydrogens (primary N) is 1. The van der Waals surface area contributed by atoms with Crippen molar-refractivity contribution in [2.75, 3.05) is 29.1 Å².